The molecule has 0 bridgehead atoms. The smallest absolute Gasteiger partial charge is 0.262 e. The van der Waals surface area contributed by atoms with E-state index in [1.807, 2.05) is 18.7 Å². The molecule has 144 valence electrons. The highest BCUT2D eigenvalue weighted by atomic mass is 35.5. The van der Waals surface area contributed by atoms with Gasteiger partial charge in [-0.05, 0) is 38.2 Å². The maximum atomic E-state index is 12.7. The summed E-state index contributed by atoms with van der Waals surface area (Å²) in [4.78, 5) is 33.5. The number of rotatable bonds is 4. The second-order valence-corrected chi connectivity index (χ2v) is 8.27. The third kappa shape index (κ3) is 3.94. The number of piperidine rings is 1. The van der Waals surface area contributed by atoms with Crippen molar-refractivity contribution in [3.05, 3.63) is 27.1 Å². The predicted molar refractivity (Wildman–Crippen MR) is 108 cm³/mol. The predicted octanol–water partition coefficient (Wildman–Crippen LogP) is 2.47. The molecular weight excluding hydrogens is 372 g/mol. The van der Waals surface area contributed by atoms with Crippen molar-refractivity contribution >= 4 is 39.9 Å². The molecule has 2 aromatic heterocycles. The van der Waals surface area contributed by atoms with Crippen LogP contribution in [0, 0.1) is 19.8 Å². The molecule has 2 unspecified atom stereocenters. The van der Waals surface area contributed by atoms with Crippen LogP contribution in [0.1, 0.15) is 36.6 Å². The number of halogens is 1. The summed E-state index contributed by atoms with van der Waals surface area (Å²) in [6, 6.07) is 0.121. The van der Waals surface area contributed by atoms with Crippen molar-refractivity contribution in [1.82, 2.24) is 14.5 Å². The minimum absolute atomic E-state index is 0. The Morgan fingerprint density at radius 3 is 2.85 bits per heavy atom. The largest absolute Gasteiger partial charge is 0.338 e. The number of aromatic nitrogens is 2. The van der Waals surface area contributed by atoms with Gasteiger partial charge in [-0.25, -0.2) is 4.98 Å². The van der Waals surface area contributed by atoms with Crippen molar-refractivity contribution < 1.29 is 4.79 Å². The lowest BCUT2D eigenvalue weighted by Gasteiger charge is -2.38. The Morgan fingerprint density at radius 1 is 1.42 bits per heavy atom. The van der Waals surface area contributed by atoms with Gasteiger partial charge < -0.3 is 10.6 Å². The van der Waals surface area contributed by atoms with Gasteiger partial charge in [0.2, 0.25) is 5.91 Å². The fourth-order valence-corrected chi connectivity index (χ4v) is 4.58. The van der Waals surface area contributed by atoms with Crippen molar-refractivity contribution in [2.45, 2.75) is 52.6 Å². The first kappa shape index (κ1) is 20.9. The van der Waals surface area contributed by atoms with E-state index >= 15 is 0 Å². The van der Waals surface area contributed by atoms with Gasteiger partial charge in [-0.15, -0.1) is 23.7 Å². The molecule has 0 spiro atoms. The number of carbonyl (C=O) groups excluding carboxylic acids is 1. The molecule has 2 aromatic rings. The number of carbonyl (C=O) groups is 1. The van der Waals surface area contributed by atoms with Crippen molar-refractivity contribution in [3.63, 3.8) is 0 Å². The average Bonchev–Trinajstić information content (AvgIpc) is 2.89. The van der Waals surface area contributed by atoms with Gasteiger partial charge in [0, 0.05) is 37.0 Å². The van der Waals surface area contributed by atoms with E-state index in [0.29, 0.717) is 30.8 Å². The van der Waals surface area contributed by atoms with Crippen LogP contribution in [0.4, 0.5) is 0 Å². The zero-order chi connectivity index (χ0) is 18.1. The Hall–Kier alpha value is -1.44. The number of amides is 1. The Bertz CT molecular complexity index is 848. The van der Waals surface area contributed by atoms with Crippen LogP contribution in [0.2, 0.25) is 0 Å². The molecular formula is C18H27ClN4O2S. The Balaban J connectivity index is 0.00000243. The van der Waals surface area contributed by atoms with Crippen molar-refractivity contribution in [2.75, 3.05) is 13.1 Å². The van der Waals surface area contributed by atoms with E-state index in [4.69, 9.17) is 5.73 Å². The highest BCUT2D eigenvalue weighted by Gasteiger charge is 2.28. The van der Waals surface area contributed by atoms with Gasteiger partial charge in [0.15, 0.2) is 0 Å². The minimum Gasteiger partial charge on any atom is -0.338 e. The van der Waals surface area contributed by atoms with Crippen molar-refractivity contribution in [2.24, 2.45) is 11.7 Å². The molecule has 0 saturated carbocycles. The van der Waals surface area contributed by atoms with Gasteiger partial charge in [-0.3, -0.25) is 14.2 Å². The maximum Gasteiger partial charge on any atom is 0.262 e. The molecule has 8 heteroatoms. The molecule has 26 heavy (non-hydrogen) atoms. The zero-order valence-corrected chi connectivity index (χ0v) is 17.2. The first-order chi connectivity index (χ1) is 11.9. The lowest BCUT2D eigenvalue weighted by molar-refractivity contribution is -0.135. The summed E-state index contributed by atoms with van der Waals surface area (Å²) in [6.07, 6.45) is 3.85. The Morgan fingerprint density at radius 2 is 2.15 bits per heavy atom. The van der Waals surface area contributed by atoms with Gasteiger partial charge in [0.25, 0.3) is 5.56 Å². The van der Waals surface area contributed by atoms with E-state index in [9.17, 15) is 9.59 Å². The van der Waals surface area contributed by atoms with E-state index in [2.05, 4.69) is 11.9 Å². The van der Waals surface area contributed by atoms with Crippen LogP contribution in [0.15, 0.2) is 11.1 Å². The standard InChI is InChI=1S/C18H26N4O2S.ClH/c1-11-4-7-22(14(8-11)9-19)15(23)5-6-21-10-20-17-16(18(21)24)12(2)13(3)25-17;/h10-11,14H,4-9,19H2,1-3H3;1H. The highest BCUT2D eigenvalue weighted by molar-refractivity contribution is 7.18. The Labute approximate surface area is 163 Å². The monoisotopic (exact) mass is 398 g/mol. The minimum atomic E-state index is -0.0534. The van der Waals surface area contributed by atoms with E-state index < -0.39 is 0 Å². The van der Waals surface area contributed by atoms with Crippen LogP contribution >= 0.6 is 23.7 Å². The molecule has 6 nitrogen and oxygen atoms in total. The number of fused-ring (bicyclic) bond motifs is 1. The zero-order valence-electron chi connectivity index (χ0n) is 15.5. The van der Waals surface area contributed by atoms with Crippen LogP contribution < -0.4 is 11.3 Å². The normalized spacial score (nSPS) is 20.2. The van der Waals surface area contributed by atoms with Crippen LogP contribution in [0.3, 0.4) is 0 Å². The summed E-state index contributed by atoms with van der Waals surface area (Å²) in [5.41, 5.74) is 6.79. The molecule has 1 amide bonds. The number of hydrogen-bond donors (Lipinski definition) is 1. The van der Waals surface area contributed by atoms with Crippen molar-refractivity contribution in [1.29, 1.82) is 0 Å². The molecule has 3 rings (SSSR count). The van der Waals surface area contributed by atoms with Crippen LogP contribution in [-0.4, -0.2) is 39.5 Å². The number of aryl methyl sites for hydroxylation is 3. The summed E-state index contributed by atoms with van der Waals surface area (Å²) in [7, 11) is 0. The fourth-order valence-electron chi connectivity index (χ4n) is 3.59. The van der Waals surface area contributed by atoms with E-state index in [1.54, 1.807) is 10.9 Å². The molecule has 0 radical (unpaired) electrons. The molecule has 1 aliphatic rings. The quantitative estimate of drug-likeness (QED) is 0.857. The summed E-state index contributed by atoms with van der Waals surface area (Å²) < 4.78 is 1.56. The number of thiophene rings is 1. The average molecular weight is 399 g/mol. The van der Waals surface area contributed by atoms with Gasteiger partial charge in [-0.1, -0.05) is 6.92 Å². The highest BCUT2D eigenvalue weighted by Crippen LogP contribution is 2.25. The van der Waals surface area contributed by atoms with E-state index in [1.165, 1.54) is 11.3 Å². The molecule has 3 heterocycles. The first-order valence-corrected chi connectivity index (χ1v) is 9.68. The molecule has 0 aromatic carbocycles. The molecule has 1 aliphatic heterocycles. The molecule has 0 aliphatic carbocycles. The second-order valence-electron chi connectivity index (χ2n) is 7.06. The number of nitrogens with zero attached hydrogens (tertiary/aromatic N) is 3. The van der Waals surface area contributed by atoms with Crippen LogP contribution in [-0.2, 0) is 11.3 Å². The Kier molecular flexibility index (Phi) is 6.82. The number of likely N-dealkylation sites (tertiary alicyclic amines) is 1. The fraction of sp³-hybridized carbons (Fsp3) is 0.611. The first-order valence-electron chi connectivity index (χ1n) is 8.87. The summed E-state index contributed by atoms with van der Waals surface area (Å²) in [5.74, 6) is 0.684. The summed E-state index contributed by atoms with van der Waals surface area (Å²) >= 11 is 1.54. The molecule has 2 atom stereocenters. The van der Waals surface area contributed by atoms with Crippen molar-refractivity contribution in [3.8, 4) is 0 Å². The SMILES string of the molecule is Cc1sc2ncn(CCC(=O)N3CCC(C)CC3CN)c(=O)c2c1C.Cl. The van der Waals surface area contributed by atoms with Gasteiger partial charge in [0.1, 0.15) is 4.83 Å². The third-order valence-electron chi connectivity index (χ3n) is 5.29. The topological polar surface area (TPSA) is 81.2 Å². The van der Waals surface area contributed by atoms with Crippen LogP contribution in [0.5, 0.6) is 0 Å². The van der Waals surface area contributed by atoms with Gasteiger partial charge in [0.05, 0.1) is 11.7 Å². The lowest BCUT2D eigenvalue weighted by Crippen LogP contribution is -2.49. The van der Waals surface area contributed by atoms with Gasteiger partial charge in [-0.2, -0.15) is 0 Å². The van der Waals surface area contributed by atoms with Gasteiger partial charge >= 0.3 is 0 Å². The number of hydrogen-bond acceptors (Lipinski definition) is 5. The second kappa shape index (κ2) is 8.50. The summed E-state index contributed by atoms with van der Waals surface area (Å²) in [5, 5.41) is 0.684. The van der Waals surface area contributed by atoms with Crippen LogP contribution in [0.25, 0.3) is 10.2 Å². The molecule has 2 N–H and O–H groups in total. The lowest BCUT2D eigenvalue weighted by atomic mass is 9.92. The summed E-state index contributed by atoms with van der Waals surface area (Å²) in [6.45, 7) is 7.77. The maximum absolute atomic E-state index is 12.7. The van der Waals surface area contributed by atoms with E-state index in [0.717, 1.165) is 34.7 Å². The van der Waals surface area contributed by atoms with E-state index in [-0.39, 0.29) is 29.9 Å². The molecule has 1 saturated heterocycles. The molecule has 1 fully saturated rings. The third-order valence-corrected chi connectivity index (χ3v) is 6.41. The number of nitrogens with two attached hydrogens (primary N) is 1.